The standard InChI is InChI=1S/C30H27F3N6O2S/c1-16-9-29(41-26-6-4-3-5-21(26)31)35-14-25(16)39-30(34)20(13-36-39)17(2)22-10-18-11-27(40-15-28(32)33)24(12-23(18)37-22)38-42-19-7-8-19/h3-6,9-14,19,28,37-38H,2,7-8,15,34H2,1H3. The van der Waals surface area contributed by atoms with Crippen LogP contribution in [0.25, 0.3) is 22.2 Å². The number of hydrogen-bond acceptors (Lipinski definition) is 7. The van der Waals surface area contributed by atoms with Gasteiger partial charge in [0.15, 0.2) is 11.6 Å². The van der Waals surface area contributed by atoms with Gasteiger partial charge in [-0.1, -0.05) is 18.7 Å². The van der Waals surface area contributed by atoms with E-state index in [-0.39, 0.29) is 11.6 Å². The third kappa shape index (κ3) is 5.75. The monoisotopic (exact) mass is 592 g/mol. The minimum atomic E-state index is -2.58. The lowest BCUT2D eigenvalue weighted by Crippen LogP contribution is -2.08. The molecule has 6 rings (SSSR count). The first-order chi connectivity index (χ1) is 20.3. The second-order valence-corrected chi connectivity index (χ2v) is 11.0. The van der Waals surface area contributed by atoms with Crippen molar-refractivity contribution in [2.24, 2.45) is 0 Å². The Morgan fingerprint density at radius 1 is 1.19 bits per heavy atom. The van der Waals surface area contributed by atoms with Gasteiger partial charge in [0, 0.05) is 39.0 Å². The molecule has 216 valence electrons. The van der Waals surface area contributed by atoms with Crippen LogP contribution in [0.2, 0.25) is 0 Å². The van der Waals surface area contributed by atoms with Crippen LogP contribution in [0.3, 0.4) is 0 Å². The second kappa shape index (κ2) is 11.4. The molecule has 4 N–H and O–H groups in total. The molecule has 3 heterocycles. The van der Waals surface area contributed by atoms with Crippen LogP contribution in [-0.2, 0) is 0 Å². The first kappa shape index (κ1) is 27.6. The van der Waals surface area contributed by atoms with Crippen LogP contribution in [0.4, 0.5) is 24.7 Å². The van der Waals surface area contributed by atoms with E-state index >= 15 is 0 Å². The smallest absolute Gasteiger partial charge is 0.272 e. The Balaban J connectivity index is 1.25. The van der Waals surface area contributed by atoms with Crippen LogP contribution in [-0.4, -0.2) is 38.0 Å². The molecule has 0 bridgehead atoms. The minimum Gasteiger partial charge on any atom is -0.485 e. The number of anilines is 2. The lowest BCUT2D eigenvalue weighted by atomic mass is 10.1. The fraction of sp³-hybridized carbons (Fsp3) is 0.200. The van der Waals surface area contributed by atoms with Gasteiger partial charge in [0.25, 0.3) is 6.43 Å². The number of aryl methyl sites for hydroxylation is 1. The Morgan fingerprint density at radius 2 is 2.00 bits per heavy atom. The Bertz CT molecular complexity index is 1740. The van der Waals surface area contributed by atoms with Gasteiger partial charge in [0.1, 0.15) is 18.2 Å². The van der Waals surface area contributed by atoms with Crippen molar-refractivity contribution in [3.63, 3.8) is 0 Å². The summed E-state index contributed by atoms with van der Waals surface area (Å²) in [6, 6.07) is 13.2. The molecule has 3 aromatic heterocycles. The number of alkyl halides is 2. The number of para-hydroxylation sites is 1. The SMILES string of the molecule is C=C(c1cc2cc(OCC(F)F)c(NSC3CC3)cc2[nH]1)c1cnn(-c2cnc(Oc3ccccc3F)cc2C)c1N. The van der Waals surface area contributed by atoms with Crippen molar-refractivity contribution >= 4 is 39.9 Å². The molecule has 0 unspecified atom stereocenters. The van der Waals surface area contributed by atoms with E-state index in [1.165, 1.54) is 12.1 Å². The number of aromatic amines is 1. The lowest BCUT2D eigenvalue weighted by Gasteiger charge is -2.13. The number of nitrogens with zero attached hydrogens (tertiary/aromatic N) is 3. The second-order valence-electron chi connectivity index (χ2n) is 9.92. The van der Waals surface area contributed by atoms with Crippen molar-refractivity contribution in [2.45, 2.75) is 31.4 Å². The fourth-order valence-electron chi connectivity index (χ4n) is 4.38. The summed E-state index contributed by atoms with van der Waals surface area (Å²) in [7, 11) is 0. The Kier molecular flexibility index (Phi) is 7.46. The molecule has 1 aliphatic rings. The molecule has 0 atom stereocenters. The van der Waals surface area contributed by atoms with Crippen LogP contribution in [0, 0.1) is 12.7 Å². The van der Waals surface area contributed by atoms with Crippen molar-refractivity contribution in [1.29, 1.82) is 0 Å². The summed E-state index contributed by atoms with van der Waals surface area (Å²) in [6.07, 6.45) is 2.83. The van der Waals surface area contributed by atoms with E-state index in [2.05, 4.69) is 26.4 Å². The van der Waals surface area contributed by atoms with Gasteiger partial charge in [-0.15, -0.1) is 0 Å². The molecule has 1 saturated carbocycles. The number of fused-ring (bicyclic) bond motifs is 1. The van der Waals surface area contributed by atoms with Gasteiger partial charge < -0.3 is 24.9 Å². The third-order valence-corrected chi connectivity index (χ3v) is 7.88. The number of nitrogens with one attached hydrogen (secondary N) is 2. The summed E-state index contributed by atoms with van der Waals surface area (Å²) in [5, 5.41) is 5.75. The van der Waals surface area contributed by atoms with Crippen molar-refractivity contribution in [1.82, 2.24) is 19.7 Å². The molecule has 8 nitrogen and oxygen atoms in total. The number of halogens is 3. The minimum absolute atomic E-state index is 0.0740. The largest absolute Gasteiger partial charge is 0.485 e. The Morgan fingerprint density at radius 3 is 2.74 bits per heavy atom. The third-order valence-electron chi connectivity index (χ3n) is 6.74. The maximum absolute atomic E-state index is 14.0. The van der Waals surface area contributed by atoms with Crippen molar-refractivity contribution in [2.75, 3.05) is 17.1 Å². The lowest BCUT2D eigenvalue weighted by molar-refractivity contribution is 0.0823. The highest BCUT2D eigenvalue weighted by Gasteiger charge is 2.23. The summed E-state index contributed by atoms with van der Waals surface area (Å²) in [5.41, 5.74) is 11.2. The maximum atomic E-state index is 14.0. The summed E-state index contributed by atoms with van der Waals surface area (Å²) in [4.78, 5) is 7.65. The number of ether oxygens (including phenoxy) is 2. The number of aromatic nitrogens is 4. The number of rotatable bonds is 11. The predicted octanol–water partition coefficient (Wildman–Crippen LogP) is 7.50. The van der Waals surface area contributed by atoms with E-state index in [9.17, 15) is 13.2 Å². The number of nitrogen functional groups attached to an aromatic ring is 1. The topological polar surface area (TPSA) is 103 Å². The molecule has 12 heteroatoms. The van der Waals surface area contributed by atoms with Crippen LogP contribution in [0.5, 0.6) is 17.4 Å². The highest BCUT2D eigenvalue weighted by molar-refractivity contribution is 8.01. The van der Waals surface area contributed by atoms with Gasteiger partial charge in [0.2, 0.25) is 5.88 Å². The molecule has 0 spiro atoms. The summed E-state index contributed by atoms with van der Waals surface area (Å²) in [6.45, 7) is 5.39. The molecule has 0 radical (unpaired) electrons. The Hall–Kier alpha value is -4.58. The zero-order chi connectivity index (χ0) is 29.4. The van der Waals surface area contributed by atoms with Gasteiger partial charge in [-0.2, -0.15) is 5.10 Å². The van der Waals surface area contributed by atoms with Crippen molar-refractivity contribution < 1.29 is 22.6 Å². The van der Waals surface area contributed by atoms with E-state index in [0.29, 0.717) is 45.0 Å². The van der Waals surface area contributed by atoms with Gasteiger partial charge in [-0.25, -0.2) is 22.8 Å². The number of benzene rings is 2. The molecule has 0 aliphatic heterocycles. The number of H-pyrrole nitrogens is 1. The van der Waals surface area contributed by atoms with Gasteiger partial charge in [-0.05, 0) is 67.6 Å². The molecule has 42 heavy (non-hydrogen) atoms. The van der Waals surface area contributed by atoms with Crippen molar-refractivity contribution in [3.05, 3.63) is 90.1 Å². The first-order valence-corrected chi connectivity index (χ1v) is 14.1. The zero-order valence-electron chi connectivity index (χ0n) is 22.5. The molecule has 2 aromatic carbocycles. The molecule has 5 aromatic rings. The van der Waals surface area contributed by atoms with Crippen LogP contribution in [0.15, 0.2) is 67.5 Å². The van der Waals surface area contributed by atoms with Gasteiger partial charge >= 0.3 is 0 Å². The normalized spacial score (nSPS) is 13.1. The number of pyridine rings is 1. The van der Waals surface area contributed by atoms with E-state index < -0.39 is 18.8 Å². The van der Waals surface area contributed by atoms with Gasteiger partial charge in [0.05, 0.1) is 23.8 Å². The number of nitrogens with two attached hydrogens (primary N) is 1. The van der Waals surface area contributed by atoms with E-state index in [0.717, 1.165) is 29.3 Å². The molecule has 1 fully saturated rings. The van der Waals surface area contributed by atoms with E-state index in [1.807, 2.05) is 19.1 Å². The van der Waals surface area contributed by atoms with E-state index in [1.54, 1.807) is 53.3 Å². The molecule has 1 aliphatic carbocycles. The fourth-order valence-corrected chi connectivity index (χ4v) is 5.20. The average molecular weight is 593 g/mol. The molecular weight excluding hydrogens is 565 g/mol. The quantitative estimate of drug-likeness (QED) is 0.137. The van der Waals surface area contributed by atoms with E-state index in [4.69, 9.17) is 15.2 Å². The molecular formula is C30H27F3N6O2S. The highest BCUT2D eigenvalue weighted by atomic mass is 32.2. The van der Waals surface area contributed by atoms with Gasteiger partial charge in [-0.3, -0.25) is 0 Å². The van der Waals surface area contributed by atoms with Crippen molar-refractivity contribution in [3.8, 4) is 23.1 Å². The first-order valence-electron chi connectivity index (χ1n) is 13.2. The maximum Gasteiger partial charge on any atom is 0.272 e. The van der Waals surface area contributed by atoms with Crippen LogP contribution < -0.4 is 19.9 Å². The van der Waals surface area contributed by atoms with Crippen LogP contribution in [0.1, 0.15) is 29.7 Å². The predicted molar refractivity (Wildman–Crippen MR) is 159 cm³/mol. The number of hydrogen-bond donors (Lipinski definition) is 3. The average Bonchev–Trinajstić information content (AvgIpc) is 3.59. The molecule has 0 saturated heterocycles. The summed E-state index contributed by atoms with van der Waals surface area (Å²) < 4.78 is 55.6. The molecule has 0 amide bonds. The Labute approximate surface area is 243 Å². The zero-order valence-corrected chi connectivity index (χ0v) is 23.4. The summed E-state index contributed by atoms with van der Waals surface area (Å²) in [5.74, 6) is 0.514. The highest BCUT2D eigenvalue weighted by Crippen LogP contribution is 2.39. The summed E-state index contributed by atoms with van der Waals surface area (Å²) >= 11 is 1.56. The van der Waals surface area contributed by atoms with Crippen LogP contribution >= 0.6 is 11.9 Å².